The number of benzene rings is 2. The number of methoxy groups -OCH3 is 1. The first-order valence-corrected chi connectivity index (χ1v) is 11.9. The molecule has 3 aromatic rings. The van der Waals surface area contributed by atoms with Crippen LogP contribution in [0.1, 0.15) is 32.9 Å². The number of piperazine rings is 1. The fourth-order valence-electron chi connectivity index (χ4n) is 4.38. The summed E-state index contributed by atoms with van der Waals surface area (Å²) >= 11 is 13.3. The van der Waals surface area contributed by atoms with Crippen molar-refractivity contribution in [3.05, 3.63) is 62.4 Å². The molecule has 2 heterocycles. The Bertz CT molecular complexity index is 1270. The van der Waals surface area contributed by atoms with E-state index < -0.39 is 0 Å². The highest BCUT2D eigenvalue weighted by Gasteiger charge is 2.25. The third kappa shape index (κ3) is 4.77. The van der Waals surface area contributed by atoms with Gasteiger partial charge in [-0.2, -0.15) is 5.26 Å². The molecule has 1 aliphatic rings. The zero-order valence-electron chi connectivity index (χ0n) is 19.6. The van der Waals surface area contributed by atoms with Crippen molar-refractivity contribution in [2.45, 2.75) is 13.3 Å². The van der Waals surface area contributed by atoms with E-state index in [0.29, 0.717) is 52.9 Å². The molecule has 2 aromatic carbocycles. The van der Waals surface area contributed by atoms with E-state index in [1.165, 1.54) is 0 Å². The molecule has 0 radical (unpaired) electrons. The van der Waals surface area contributed by atoms with Gasteiger partial charge in [-0.15, -0.1) is 0 Å². The summed E-state index contributed by atoms with van der Waals surface area (Å²) < 4.78 is 7.10. The summed E-state index contributed by atoms with van der Waals surface area (Å²) in [6, 6.07) is 9.28. The highest BCUT2D eigenvalue weighted by molar-refractivity contribution is 6.38. The third-order valence-corrected chi connectivity index (χ3v) is 7.21. The van der Waals surface area contributed by atoms with Crippen LogP contribution in [0.3, 0.4) is 0 Å². The number of carbonyl (C=O) groups excluding carboxylic acids is 1. The molecule has 9 heteroatoms. The molecule has 178 valence electrons. The standard InChI is InChI=1S/C25H27Cl2N5O2/c1-16-12-17(15-28)13-21-24(16)29-22(30(21)2)14-19-20(26)5-4-18(23(19)27)25(33)32-8-6-31(7-9-32)10-11-34-3/h4-5,12-13H,6-11,14H2,1-3H3. The number of imidazole rings is 1. The number of nitriles is 1. The molecular formula is C25H27Cl2N5O2. The zero-order chi connectivity index (χ0) is 24.4. The molecule has 4 rings (SSSR count). The number of hydrogen-bond acceptors (Lipinski definition) is 5. The van der Waals surface area contributed by atoms with E-state index in [2.05, 4.69) is 11.0 Å². The predicted octanol–water partition coefficient (Wildman–Crippen LogP) is 4.06. The molecule has 1 aliphatic heterocycles. The number of fused-ring (bicyclic) bond motifs is 1. The first-order chi connectivity index (χ1) is 16.3. The Morgan fingerprint density at radius 2 is 1.94 bits per heavy atom. The first-order valence-electron chi connectivity index (χ1n) is 11.2. The van der Waals surface area contributed by atoms with Crippen LogP contribution in [0.25, 0.3) is 11.0 Å². The average Bonchev–Trinajstić information content (AvgIpc) is 3.16. The molecule has 0 bridgehead atoms. The van der Waals surface area contributed by atoms with Gasteiger partial charge in [-0.25, -0.2) is 4.98 Å². The van der Waals surface area contributed by atoms with Gasteiger partial charge < -0.3 is 14.2 Å². The fourth-order valence-corrected chi connectivity index (χ4v) is 4.96. The van der Waals surface area contributed by atoms with Gasteiger partial charge in [-0.05, 0) is 42.3 Å². The quantitative estimate of drug-likeness (QED) is 0.511. The Hall–Kier alpha value is -2.63. The van der Waals surface area contributed by atoms with Crippen molar-refractivity contribution >= 4 is 40.1 Å². The van der Waals surface area contributed by atoms with Crippen LogP contribution in [0, 0.1) is 18.3 Å². The molecule has 1 saturated heterocycles. The van der Waals surface area contributed by atoms with Crippen molar-refractivity contribution in [1.29, 1.82) is 5.26 Å². The van der Waals surface area contributed by atoms with Crippen LogP contribution in [-0.2, 0) is 18.2 Å². The molecule has 0 aliphatic carbocycles. The molecule has 7 nitrogen and oxygen atoms in total. The Kier molecular flexibility index (Phi) is 7.44. The van der Waals surface area contributed by atoms with Crippen molar-refractivity contribution in [3.8, 4) is 6.07 Å². The molecule has 0 atom stereocenters. The summed E-state index contributed by atoms with van der Waals surface area (Å²) in [5, 5.41) is 10.2. The Balaban J connectivity index is 1.59. The molecule has 1 aromatic heterocycles. The first kappa shape index (κ1) is 24.5. The molecule has 1 fully saturated rings. The van der Waals surface area contributed by atoms with Crippen LogP contribution < -0.4 is 0 Å². The Labute approximate surface area is 209 Å². The second kappa shape index (κ2) is 10.3. The molecular weight excluding hydrogens is 473 g/mol. The summed E-state index contributed by atoms with van der Waals surface area (Å²) in [5.74, 6) is 0.669. The van der Waals surface area contributed by atoms with Gasteiger partial charge in [0.05, 0.1) is 39.9 Å². The van der Waals surface area contributed by atoms with Gasteiger partial charge in [0, 0.05) is 58.3 Å². The normalized spacial score (nSPS) is 14.5. The number of ether oxygens (including phenoxy) is 1. The average molecular weight is 500 g/mol. The molecule has 1 amide bonds. The fraction of sp³-hybridized carbons (Fsp3) is 0.400. The number of nitrogens with zero attached hydrogens (tertiary/aromatic N) is 5. The molecule has 0 saturated carbocycles. The lowest BCUT2D eigenvalue weighted by molar-refractivity contribution is 0.0594. The van der Waals surface area contributed by atoms with Crippen molar-refractivity contribution < 1.29 is 9.53 Å². The number of halogens is 2. The topological polar surface area (TPSA) is 74.4 Å². The lowest BCUT2D eigenvalue weighted by atomic mass is 10.1. The van der Waals surface area contributed by atoms with Gasteiger partial charge in [-0.3, -0.25) is 9.69 Å². The highest BCUT2D eigenvalue weighted by Crippen LogP contribution is 2.32. The van der Waals surface area contributed by atoms with Gasteiger partial charge >= 0.3 is 0 Å². The maximum atomic E-state index is 13.3. The van der Waals surface area contributed by atoms with E-state index in [9.17, 15) is 10.1 Å². The van der Waals surface area contributed by atoms with Gasteiger partial charge in [0.25, 0.3) is 5.91 Å². The van der Waals surface area contributed by atoms with Gasteiger partial charge in [-0.1, -0.05) is 23.2 Å². The van der Waals surface area contributed by atoms with Crippen LogP contribution in [0.5, 0.6) is 0 Å². The largest absolute Gasteiger partial charge is 0.383 e. The van der Waals surface area contributed by atoms with Crippen LogP contribution in [0.2, 0.25) is 10.0 Å². The van der Waals surface area contributed by atoms with Gasteiger partial charge in [0.15, 0.2) is 0 Å². The van der Waals surface area contributed by atoms with E-state index in [0.717, 1.165) is 42.1 Å². The van der Waals surface area contributed by atoms with Crippen LogP contribution in [0.15, 0.2) is 24.3 Å². The van der Waals surface area contributed by atoms with Crippen molar-refractivity contribution in [1.82, 2.24) is 19.4 Å². The number of rotatable bonds is 6. The van der Waals surface area contributed by atoms with E-state index in [1.807, 2.05) is 35.6 Å². The second-order valence-electron chi connectivity index (χ2n) is 8.55. The molecule has 0 spiro atoms. The maximum Gasteiger partial charge on any atom is 0.255 e. The summed E-state index contributed by atoms with van der Waals surface area (Å²) in [4.78, 5) is 22.2. The number of amides is 1. The molecule has 34 heavy (non-hydrogen) atoms. The van der Waals surface area contributed by atoms with Crippen molar-refractivity contribution in [2.24, 2.45) is 7.05 Å². The Morgan fingerprint density at radius 3 is 2.62 bits per heavy atom. The van der Waals surface area contributed by atoms with Gasteiger partial charge in [0.1, 0.15) is 5.82 Å². The van der Waals surface area contributed by atoms with Crippen LogP contribution >= 0.6 is 23.2 Å². The summed E-state index contributed by atoms with van der Waals surface area (Å²) in [6.45, 7) is 6.37. The summed E-state index contributed by atoms with van der Waals surface area (Å²) in [6.07, 6.45) is 0.371. The van der Waals surface area contributed by atoms with Gasteiger partial charge in [0.2, 0.25) is 0 Å². The predicted molar refractivity (Wildman–Crippen MR) is 134 cm³/mol. The number of carbonyl (C=O) groups is 1. The summed E-state index contributed by atoms with van der Waals surface area (Å²) in [7, 11) is 3.60. The van der Waals surface area contributed by atoms with Crippen LogP contribution in [0.4, 0.5) is 0 Å². The minimum atomic E-state index is -0.0891. The smallest absolute Gasteiger partial charge is 0.255 e. The third-order valence-electron chi connectivity index (χ3n) is 6.42. The number of hydrogen-bond donors (Lipinski definition) is 0. The molecule has 0 unspecified atom stereocenters. The minimum absolute atomic E-state index is 0.0891. The second-order valence-corrected chi connectivity index (χ2v) is 9.34. The lowest BCUT2D eigenvalue weighted by Gasteiger charge is -2.34. The summed E-state index contributed by atoms with van der Waals surface area (Å²) in [5.41, 5.74) is 4.35. The van der Waals surface area contributed by atoms with Crippen LogP contribution in [-0.4, -0.2) is 71.7 Å². The SMILES string of the molecule is COCCN1CCN(C(=O)c2ccc(Cl)c(Cc3nc4c(C)cc(C#N)cc4n3C)c2Cl)CC1. The molecule has 0 N–H and O–H groups in total. The zero-order valence-corrected chi connectivity index (χ0v) is 21.1. The van der Waals surface area contributed by atoms with E-state index in [1.54, 1.807) is 19.2 Å². The van der Waals surface area contributed by atoms with E-state index in [-0.39, 0.29) is 5.91 Å². The number of aryl methyl sites for hydroxylation is 2. The number of aromatic nitrogens is 2. The minimum Gasteiger partial charge on any atom is -0.383 e. The van der Waals surface area contributed by atoms with Crippen molar-refractivity contribution in [3.63, 3.8) is 0 Å². The maximum absolute atomic E-state index is 13.3. The Morgan fingerprint density at radius 1 is 1.21 bits per heavy atom. The van der Waals surface area contributed by atoms with E-state index in [4.69, 9.17) is 32.9 Å². The highest BCUT2D eigenvalue weighted by atomic mass is 35.5. The van der Waals surface area contributed by atoms with Crippen molar-refractivity contribution in [2.75, 3.05) is 46.4 Å². The van der Waals surface area contributed by atoms with E-state index >= 15 is 0 Å². The lowest BCUT2D eigenvalue weighted by Crippen LogP contribution is -2.49. The monoisotopic (exact) mass is 499 g/mol.